The van der Waals surface area contributed by atoms with Crippen molar-refractivity contribution < 1.29 is 13.0 Å². The van der Waals surface area contributed by atoms with E-state index in [4.69, 9.17) is 24.6 Å². The van der Waals surface area contributed by atoms with Gasteiger partial charge in [0.15, 0.2) is 0 Å². The molecule has 1 saturated heterocycles. The van der Waals surface area contributed by atoms with Crippen LogP contribution in [0.15, 0.2) is 59.4 Å². The first-order valence-electron chi connectivity index (χ1n) is 14.0. The second-order valence-electron chi connectivity index (χ2n) is 7.58. The number of rotatable bonds is 10. The van der Waals surface area contributed by atoms with Gasteiger partial charge in [0.2, 0.25) is 0 Å². The number of para-hydroxylation sites is 1. The van der Waals surface area contributed by atoms with Gasteiger partial charge in [0.25, 0.3) is 0 Å². The Morgan fingerprint density at radius 1 is 1.06 bits per heavy atom. The maximum Gasteiger partial charge on any atom is 0.346 e. The molecular formula is C25H33Cl2N5O2. The number of hydrogen-bond acceptors (Lipinski definition) is 5. The second kappa shape index (κ2) is 12.8. The third kappa shape index (κ3) is 6.78. The summed E-state index contributed by atoms with van der Waals surface area (Å²) in [5, 5.41) is 4.68. The van der Waals surface area contributed by atoms with Gasteiger partial charge in [-0.3, -0.25) is 9.47 Å². The van der Waals surface area contributed by atoms with Crippen LogP contribution < -0.4 is 15.3 Å². The molecule has 7 nitrogen and oxygen atoms in total. The van der Waals surface area contributed by atoms with Crippen LogP contribution in [0.4, 0.5) is 5.69 Å². The van der Waals surface area contributed by atoms with Crippen molar-refractivity contribution in [2.45, 2.75) is 32.8 Å². The summed E-state index contributed by atoms with van der Waals surface area (Å²) in [6.45, 7) is -2.79. The molecule has 1 aromatic heterocycles. The molecule has 0 saturated carbocycles. The normalized spacial score (nSPS) is 18.0. The molecule has 184 valence electrons. The van der Waals surface area contributed by atoms with E-state index in [9.17, 15) is 4.79 Å². The van der Waals surface area contributed by atoms with Crippen LogP contribution >= 0.6 is 24.0 Å². The van der Waals surface area contributed by atoms with Gasteiger partial charge >= 0.3 is 5.69 Å². The maximum atomic E-state index is 13.3. The van der Waals surface area contributed by atoms with Crippen LogP contribution in [0.1, 0.15) is 27.3 Å². The number of nitrogens with zero attached hydrogens (tertiary/aromatic N) is 5. The Balaban J connectivity index is 0.00000441. The van der Waals surface area contributed by atoms with E-state index < -0.39 is 25.1 Å². The lowest BCUT2D eigenvalue weighted by Gasteiger charge is -2.36. The number of aryl methyl sites for hydroxylation is 2. The van der Waals surface area contributed by atoms with Gasteiger partial charge in [-0.25, -0.2) is 9.48 Å². The fraction of sp³-hybridized carbons (Fsp3) is 0.440. The summed E-state index contributed by atoms with van der Waals surface area (Å²) in [6.07, 6.45) is -2.84. The lowest BCUT2D eigenvalue weighted by Crippen LogP contribution is -2.46. The molecule has 0 atom stereocenters. The highest BCUT2D eigenvalue weighted by atomic mass is 35.5. The van der Waals surface area contributed by atoms with Crippen molar-refractivity contribution in [1.82, 2.24) is 19.2 Å². The number of hydrogen-bond donors (Lipinski definition) is 0. The molecule has 0 unspecified atom stereocenters. The van der Waals surface area contributed by atoms with E-state index in [1.807, 2.05) is 41.3 Å². The highest BCUT2D eigenvalue weighted by molar-refractivity contribution is 6.30. The highest BCUT2D eigenvalue weighted by Gasteiger charge is 2.18. The molecule has 0 bridgehead atoms. The van der Waals surface area contributed by atoms with Gasteiger partial charge in [0, 0.05) is 61.8 Å². The summed E-state index contributed by atoms with van der Waals surface area (Å²) in [6, 6.07) is 16.3. The smallest absolute Gasteiger partial charge is 0.346 e. The van der Waals surface area contributed by atoms with Gasteiger partial charge in [-0.1, -0.05) is 42.8 Å². The van der Waals surface area contributed by atoms with Gasteiger partial charge in [0.1, 0.15) is 18.2 Å². The maximum absolute atomic E-state index is 13.3. The van der Waals surface area contributed by atoms with Crippen LogP contribution in [-0.2, 0) is 19.5 Å². The Labute approximate surface area is 220 Å². The van der Waals surface area contributed by atoms with Crippen molar-refractivity contribution in [3.05, 3.63) is 75.9 Å². The van der Waals surface area contributed by atoms with Gasteiger partial charge in [-0.2, -0.15) is 5.10 Å². The van der Waals surface area contributed by atoms with Gasteiger partial charge < -0.3 is 9.64 Å². The number of anilines is 1. The number of aromatic nitrogens is 3. The summed E-state index contributed by atoms with van der Waals surface area (Å²) in [5.41, 5.74) is 0.0143. The van der Waals surface area contributed by atoms with Crippen molar-refractivity contribution in [3.8, 4) is 5.75 Å². The molecule has 0 amide bonds. The average Bonchev–Trinajstić information content (AvgIpc) is 3.25. The molecule has 2 aromatic carbocycles. The molecule has 1 fully saturated rings. The number of ether oxygens (including phenoxy) is 1. The first-order valence-corrected chi connectivity index (χ1v) is 11.4. The molecule has 1 aliphatic heterocycles. The molecular weight excluding hydrogens is 473 g/mol. The summed E-state index contributed by atoms with van der Waals surface area (Å²) in [7, 11) is 0. The van der Waals surface area contributed by atoms with Crippen molar-refractivity contribution >= 4 is 29.7 Å². The lowest BCUT2D eigenvalue weighted by molar-refractivity contribution is 0.248. The van der Waals surface area contributed by atoms with Crippen molar-refractivity contribution in [2.24, 2.45) is 0 Å². The predicted octanol–water partition coefficient (Wildman–Crippen LogP) is 3.97. The third-order valence-corrected chi connectivity index (χ3v) is 5.65. The van der Waals surface area contributed by atoms with E-state index in [1.165, 1.54) is 9.47 Å². The zero-order chi connectivity index (χ0) is 28.4. The Hall–Kier alpha value is -2.48. The molecule has 0 radical (unpaired) electrons. The largest absolute Gasteiger partial charge is 0.492 e. The van der Waals surface area contributed by atoms with E-state index in [0.29, 0.717) is 35.0 Å². The topological polar surface area (TPSA) is 55.5 Å². The molecule has 9 heteroatoms. The minimum Gasteiger partial charge on any atom is -0.492 e. The van der Waals surface area contributed by atoms with Crippen LogP contribution in [-0.4, -0.2) is 58.5 Å². The minimum atomic E-state index is -3.13. The Kier molecular flexibility index (Phi) is 7.10. The SMILES string of the molecule is Cl.[2H]C([2H])(N1CCN(c2cccc(Cl)c2)CC1)C([2H])([2H])C([2H])([2H])n1nc(CC)n(CCOc2ccccc2)c1=O. The fourth-order valence-electron chi connectivity index (χ4n) is 3.67. The molecule has 2 heterocycles. The summed E-state index contributed by atoms with van der Waals surface area (Å²) < 4.78 is 59.3. The molecule has 1 aliphatic rings. The van der Waals surface area contributed by atoms with Crippen molar-refractivity contribution in [1.29, 1.82) is 0 Å². The zero-order valence-electron chi connectivity index (χ0n) is 25.0. The number of halogens is 2. The van der Waals surface area contributed by atoms with Crippen molar-refractivity contribution in [2.75, 3.05) is 44.2 Å². The third-order valence-electron chi connectivity index (χ3n) is 5.41. The van der Waals surface area contributed by atoms with Crippen LogP contribution in [0.3, 0.4) is 0 Å². The van der Waals surface area contributed by atoms with Gasteiger partial charge in [0.05, 0.1) is 9.29 Å². The zero-order valence-corrected chi connectivity index (χ0v) is 20.6. The Morgan fingerprint density at radius 3 is 2.53 bits per heavy atom. The molecule has 0 aliphatic carbocycles. The van der Waals surface area contributed by atoms with Crippen LogP contribution in [0.5, 0.6) is 5.75 Å². The monoisotopic (exact) mass is 511 g/mol. The van der Waals surface area contributed by atoms with E-state index in [0.717, 1.165) is 5.69 Å². The standard InChI is InChI=1S/C25H32ClN5O2.ClH/c1-2-24-27-31(25(32)30(24)18-19-33-23-10-4-3-5-11-23)13-7-12-28-14-16-29(17-15-28)22-9-6-8-21(26)20-22;/h3-6,8-11,20H,2,7,12-19H2,1H3;1H/i7D2,12D2,13D2;. The Bertz CT molecular complexity index is 1330. The van der Waals surface area contributed by atoms with E-state index in [-0.39, 0.29) is 44.5 Å². The number of benzene rings is 2. The highest BCUT2D eigenvalue weighted by Crippen LogP contribution is 2.20. The second-order valence-corrected chi connectivity index (χ2v) is 8.02. The molecule has 0 spiro atoms. The summed E-state index contributed by atoms with van der Waals surface area (Å²) in [4.78, 5) is 16.6. The van der Waals surface area contributed by atoms with E-state index >= 15 is 0 Å². The van der Waals surface area contributed by atoms with Gasteiger partial charge in [-0.15, -0.1) is 12.4 Å². The number of piperazine rings is 1. The van der Waals surface area contributed by atoms with Crippen molar-refractivity contribution in [3.63, 3.8) is 0 Å². The molecule has 4 rings (SSSR count). The van der Waals surface area contributed by atoms with E-state index in [1.54, 1.807) is 25.1 Å². The average molecular weight is 513 g/mol. The Morgan fingerprint density at radius 2 is 1.82 bits per heavy atom. The van der Waals surface area contributed by atoms with Gasteiger partial charge in [-0.05, 0) is 36.7 Å². The lowest BCUT2D eigenvalue weighted by atomic mass is 10.2. The first kappa shape index (κ1) is 18.8. The first-order chi connectivity index (χ1) is 18.4. The fourth-order valence-corrected chi connectivity index (χ4v) is 3.86. The molecule has 0 N–H and O–H groups in total. The molecule has 3 aromatic rings. The minimum absolute atomic E-state index is 0. The quantitative estimate of drug-likeness (QED) is 0.412. The van der Waals surface area contributed by atoms with Crippen LogP contribution in [0, 0.1) is 0 Å². The summed E-state index contributed by atoms with van der Waals surface area (Å²) >= 11 is 6.09. The van der Waals surface area contributed by atoms with E-state index in [2.05, 4.69) is 5.10 Å². The molecule has 34 heavy (non-hydrogen) atoms. The summed E-state index contributed by atoms with van der Waals surface area (Å²) in [5.74, 6) is 0.873. The predicted molar refractivity (Wildman–Crippen MR) is 140 cm³/mol. The van der Waals surface area contributed by atoms with Crippen LogP contribution in [0.25, 0.3) is 0 Å². The van der Waals surface area contributed by atoms with Crippen LogP contribution in [0.2, 0.25) is 5.02 Å².